The second-order valence-corrected chi connectivity index (χ2v) is 4.33. The fraction of sp³-hybridized carbons (Fsp3) is 0.214. The Hall–Kier alpha value is -1.28. The van der Waals surface area contributed by atoms with Gasteiger partial charge in [0.25, 0.3) is 0 Å². The number of carbonyl (C=O) groups is 1. The molecule has 2 heteroatoms. The van der Waals surface area contributed by atoms with E-state index in [1.54, 1.807) is 6.92 Å². The zero-order valence-electron chi connectivity index (χ0n) is 9.23. The van der Waals surface area contributed by atoms with Crippen molar-refractivity contribution in [1.29, 1.82) is 0 Å². The summed E-state index contributed by atoms with van der Waals surface area (Å²) in [5.74, 6) is 0.938. The summed E-state index contributed by atoms with van der Waals surface area (Å²) in [5, 5.41) is 2.41. The summed E-state index contributed by atoms with van der Waals surface area (Å²) in [4.78, 5) is 11.1. The molecular formula is C14H14OS. The molecule has 2 aromatic carbocycles. The van der Waals surface area contributed by atoms with Crippen LogP contribution >= 0.6 is 12.6 Å². The van der Waals surface area contributed by atoms with Crippen LogP contribution in [0, 0.1) is 0 Å². The largest absolute Gasteiger partial charge is 0.300 e. The van der Waals surface area contributed by atoms with Gasteiger partial charge in [-0.05, 0) is 28.8 Å². The number of rotatable bonds is 3. The molecule has 0 amide bonds. The highest BCUT2D eigenvalue weighted by atomic mass is 32.1. The molecule has 0 aliphatic rings. The lowest BCUT2D eigenvalue weighted by atomic mass is 10.0. The van der Waals surface area contributed by atoms with E-state index in [-0.39, 0.29) is 5.78 Å². The molecule has 0 heterocycles. The highest BCUT2D eigenvalue weighted by Crippen LogP contribution is 2.21. The summed E-state index contributed by atoms with van der Waals surface area (Å²) < 4.78 is 0. The molecule has 0 bridgehead atoms. The minimum atomic E-state index is 0.199. The van der Waals surface area contributed by atoms with E-state index in [2.05, 4.69) is 36.9 Å². The Kier molecular flexibility index (Phi) is 3.30. The van der Waals surface area contributed by atoms with Gasteiger partial charge in [-0.25, -0.2) is 0 Å². The zero-order chi connectivity index (χ0) is 11.5. The predicted octanol–water partition coefficient (Wildman–Crippen LogP) is 3.40. The Balaban J connectivity index is 2.51. The predicted molar refractivity (Wildman–Crippen MR) is 71.0 cm³/mol. The Morgan fingerprint density at radius 2 is 2.06 bits per heavy atom. The molecule has 0 saturated carbocycles. The number of fused-ring (bicyclic) bond motifs is 1. The molecule has 2 aromatic rings. The van der Waals surface area contributed by atoms with E-state index in [4.69, 9.17) is 0 Å². The third-order valence-corrected chi connectivity index (χ3v) is 3.00. The molecule has 0 aliphatic carbocycles. The average molecular weight is 230 g/mol. The third-order valence-electron chi connectivity index (χ3n) is 2.66. The maximum absolute atomic E-state index is 11.1. The average Bonchev–Trinajstić information content (AvgIpc) is 2.27. The van der Waals surface area contributed by atoms with Crippen molar-refractivity contribution in [3.63, 3.8) is 0 Å². The number of benzene rings is 2. The van der Waals surface area contributed by atoms with Crippen molar-refractivity contribution in [2.24, 2.45) is 0 Å². The van der Waals surface area contributed by atoms with Gasteiger partial charge >= 0.3 is 0 Å². The second-order valence-electron chi connectivity index (χ2n) is 4.01. The Bertz CT molecular complexity index is 531. The van der Waals surface area contributed by atoms with Crippen LogP contribution in [-0.4, -0.2) is 5.78 Å². The summed E-state index contributed by atoms with van der Waals surface area (Å²) in [6.07, 6.45) is 0.515. The van der Waals surface area contributed by atoms with Crippen LogP contribution in [0.25, 0.3) is 10.8 Å². The van der Waals surface area contributed by atoms with Gasteiger partial charge in [0.15, 0.2) is 0 Å². The van der Waals surface area contributed by atoms with Gasteiger partial charge in [-0.15, -0.1) is 0 Å². The number of Topliss-reactive ketones (excluding diaryl/α,β-unsaturated/α-hetero) is 1. The fourth-order valence-corrected chi connectivity index (χ4v) is 2.21. The van der Waals surface area contributed by atoms with Crippen molar-refractivity contribution >= 4 is 29.2 Å². The molecular weight excluding hydrogens is 216 g/mol. The molecule has 0 N–H and O–H groups in total. The van der Waals surface area contributed by atoms with E-state index in [9.17, 15) is 4.79 Å². The number of ketones is 1. The van der Waals surface area contributed by atoms with Gasteiger partial charge in [0, 0.05) is 12.2 Å². The zero-order valence-corrected chi connectivity index (χ0v) is 10.1. The van der Waals surface area contributed by atoms with Gasteiger partial charge in [0.2, 0.25) is 0 Å². The van der Waals surface area contributed by atoms with Crippen LogP contribution in [0.2, 0.25) is 0 Å². The van der Waals surface area contributed by atoms with Crippen molar-refractivity contribution in [3.05, 3.63) is 47.5 Å². The van der Waals surface area contributed by atoms with Gasteiger partial charge in [-0.3, -0.25) is 4.79 Å². The molecule has 2 rings (SSSR count). The molecule has 16 heavy (non-hydrogen) atoms. The van der Waals surface area contributed by atoms with Crippen molar-refractivity contribution < 1.29 is 4.79 Å². The van der Waals surface area contributed by atoms with Crippen LogP contribution in [-0.2, 0) is 17.0 Å². The molecule has 0 saturated heterocycles. The number of hydrogen-bond donors (Lipinski definition) is 1. The van der Waals surface area contributed by atoms with E-state index in [0.717, 1.165) is 11.3 Å². The van der Waals surface area contributed by atoms with Crippen molar-refractivity contribution in [2.45, 2.75) is 19.1 Å². The lowest BCUT2D eigenvalue weighted by molar-refractivity contribution is -0.116. The van der Waals surface area contributed by atoms with E-state index in [0.29, 0.717) is 6.42 Å². The topological polar surface area (TPSA) is 17.1 Å². The maximum Gasteiger partial charge on any atom is 0.134 e. The monoisotopic (exact) mass is 230 g/mol. The fourth-order valence-electron chi connectivity index (χ4n) is 1.94. The standard InChI is InChI=1S/C14H14OS/c1-10(15)7-11-5-6-14-12(8-11)3-2-4-13(14)9-16/h2-6,8,16H,7,9H2,1H3. The lowest BCUT2D eigenvalue weighted by Gasteiger charge is -2.05. The Morgan fingerprint density at radius 1 is 1.25 bits per heavy atom. The smallest absolute Gasteiger partial charge is 0.134 e. The number of thiol groups is 1. The number of hydrogen-bond acceptors (Lipinski definition) is 2. The molecule has 0 fully saturated rings. The molecule has 0 atom stereocenters. The molecule has 0 spiro atoms. The second kappa shape index (κ2) is 4.71. The van der Waals surface area contributed by atoms with E-state index in [1.807, 2.05) is 12.1 Å². The van der Waals surface area contributed by atoms with Gasteiger partial charge in [0.1, 0.15) is 5.78 Å². The molecule has 0 aromatic heterocycles. The normalized spacial score (nSPS) is 10.6. The lowest BCUT2D eigenvalue weighted by Crippen LogP contribution is -1.96. The third kappa shape index (κ3) is 2.27. The van der Waals surface area contributed by atoms with Gasteiger partial charge < -0.3 is 0 Å². The van der Waals surface area contributed by atoms with Crippen LogP contribution in [0.1, 0.15) is 18.1 Å². The van der Waals surface area contributed by atoms with Gasteiger partial charge in [-0.2, -0.15) is 12.6 Å². The molecule has 0 unspecified atom stereocenters. The van der Waals surface area contributed by atoms with Crippen LogP contribution in [0.5, 0.6) is 0 Å². The van der Waals surface area contributed by atoms with Crippen molar-refractivity contribution in [1.82, 2.24) is 0 Å². The van der Waals surface area contributed by atoms with E-state index in [1.165, 1.54) is 16.3 Å². The molecule has 1 nitrogen and oxygen atoms in total. The first-order valence-corrected chi connectivity index (χ1v) is 5.95. The Labute approximate surface area is 101 Å². The first-order valence-electron chi connectivity index (χ1n) is 5.31. The maximum atomic E-state index is 11.1. The summed E-state index contributed by atoms with van der Waals surface area (Å²) in [7, 11) is 0. The van der Waals surface area contributed by atoms with Crippen molar-refractivity contribution in [2.75, 3.05) is 0 Å². The van der Waals surface area contributed by atoms with Crippen LogP contribution in [0.15, 0.2) is 36.4 Å². The van der Waals surface area contributed by atoms with Crippen LogP contribution in [0.3, 0.4) is 0 Å². The van der Waals surface area contributed by atoms with Crippen molar-refractivity contribution in [3.8, 4) is 0 Å². The quantitative estimate of drug-likeness (QED) is 0.800. The first kappa shape index (κ1) is 11.2. The highest BCUT2D eigenvalue weighted by molar-refractivity contribution is 7.79. The highest BCUT2D eigenvalue weighted by Gasteiger charge is 2.02. The summed E-state index contributed by atoms with van der Waals surface area (Å²) in [5.41, 5.74) is 2.31. The summed E-state index contributed by atoms with van der Waals surface area (Å²) in [6, 6.07) is 12.4. The minimum absolute atomic E-state index is 0.199. The van der Waals surface area contributed by atoms with Gasteiger partial charge in [0.05, 0.1) is 0 Å². The number of carbonyl (C=O) groups excluding carboxylic acids is 1. The van der Waals surface area contributed by atoms with E-state index < -0.39 is 0 Å². The summed E-state index contributed by atoms with van der Waals surface area (Å²) in [6.45, 7) is 1.62. The van der Waals surface area contributed by atoms with Crippen LogP contribution in [0.4, 0.5) is 0 Å². The Morgan fingerprint density at radius 3 is 2.75 bits per heavy atom. The first-order chi connectivity index (χ1) is 7.70. The SMILES string of the molecule is CC(=O)Cc1ccc2c(CS)cccc2c1. The molecule has 0 radical (unpaired) electrons. The molecule has 82 valence electrons. The van der Waals surface area contributed by atoms with Crippen LogP contribution < -0.4 is 0 Å². The van der Waals surface area contributed by atoms with E-state index >= 15 is 0 Å². The van der Waals surface area contributed by atoms with Gasteiger partial charge in [-0.1, -0.05) is 36.4 Å². The summed E-state index contributed by atoms with van der Waals surface area (Å²) >= 11 is 4.31. The minimum Gasteiger partial charge on any atom is -0.300 e. The molecule has 0 aliphatic heterocycles.